The lowest BCUT2D eigenvalue weighted by Crippen LogP contribution is -1.97. The summed E-state index contributed by atoms with van der Waals surface area (Å²) < 4.78 is 4.73. The minimum Gasteiger partial charge on any atom is -0.313 e. The highest BCUT2D eigenvalue weighted by Crippen LogP contribution is 2.34. The van der Waals surface area contributed by atoms with Gasteiger partial charge >= 0.3 is 0 Å². The molecule has 0 atom stereocenters. The van der Waals surface area contributed by atoms with Gasteiger partial charge in [0.05, 0.1) is 27.9 Å². The van der Waals surface area contributed by atoms with Crippen LogP contribution in [0.5, 0.6) is 0 Å². The van der Waals surface area contributed by atoms with Crippen LogP contribution in [0.2, 0.25) is 0 Å². The predicted molar refractivity (Wildman–Crippen MR) is 149 cm³/mol. The van der Waals surface area contributed by atoms with E-state index in [0.717, 1.165) is 23.5 Å². The number of pyridine rings is 1. The van der Waals surface area contributed by atoms with Crippen LogP contribution in [0.4, 0.5) is 0 Å². The first-order chi connectivity index (χ1) is 17.3. The molecular formula is C32H25N3. The smallest absolute Gasteiger partial charge is 0.146 e. The van der Waals surface area contributed by atoms with Gasteiger partial charge in [0.25, 0.3) is 0 Å². The van der Waals surface area contributed by atoms with Gasteiger partial charge in [0, 0.05) is 27.2 Å². The second-order valence-corrected chi connectivity index (χ2v) is 9.17. The van der Waals surface area contributed by atoms with Crippen molar-refractivity contribution in [1.82, 2.24) is 14.0 Å². The molecule has 0 saturated heterocycles. The minimum atomic E-state index is 0.899. The highest BCUT2D eigenvalue weighted by Gasteiger charge is 2.17. The number of para-hydroxylation sites is 3. The summed E-state index contributed by atoms with van der Waals surface area (Å²) in [7, 11) is 0. The Labute approximate surface area is 203 Å². The van der Waals surface area contributed by atoms with E-state index in [0.29, 0.717) is 0 Å². The Bertz CT molecular complexity index is 1900. The van der Waals surface area contributed by atoms with E-state index in [2.05, 4.69) is 126 Å². The number of allylic oxidation sites excluding steroid dienone is 1. The molecule has 0 aliphatic heterocycles. The molecule has 3 heteroatoms. The molecule has 0 aliphatic rings. The molecule has 0 radical (unpaired) electrons. The Morgan fingerprint density at radius 3 is 1.74 bits per heavy atom. The van der Waals surface area contributed by atoms with Crippen LogP contribution in [0.3, 0.4) is 0 Å². The standard InChI is InChI=1S/C32H25N3/c1-3-28-27(20-21(2)34-29-17-9-7-14-24(29)25-15-8-10-18-30(25)34)33-32-26-16-5-4-12-22(26)23-13-6-11-19-31(23)35(28)32/h4-20H,3H2,1-2H3/b21-20+. The van der Waals surface area contributed by atoms with Gasteiger partial charge in [-0.2, -0.15) is 0 Å². The summed E-state index contributed by atoms with van der Waals surface area (Å²) in [5.41, 5.74) is 8.11. The molecule has 168 valence electrons. The normalized spacial score (nSPS) is 12.6. The van der Waals surface area contributed by atoms with Crippen LogP contribution in [-0.2, 0) is 6.42 Å². The fourth-order valence-electron chi connectivity index (χ4n) is 5.74. The maximum absolute atomic E-state index is 5.25. The first kappa shape index (κ1) is 20.0. The van der Waals surface area contributed by atoms with Gasteiger partial charge in [-0.05, 0) is 43.0 Å². The van der Waals surface area contributed by atoms with Crippen LogP contribution in [0, 0.1) is 0 Å². The van der Waals surface area contributed by atoms with Gasteiger partial charge in [-0.3, -0.25) is 4.40 Å². The summed E-state index contributed by atoms with van der Waals surface area (Å²) >= 11 is 0. The first-order valence-electron chi connectivity index (χ1n) is 12.2. The van der Waals surface area contributed by atoms with Crippen LogP contribution in [0.1, 0.15) is 25.2 Å². The van der Waals surface area contributed by atoms with Crippen molar-refractivity contribution in [3.05, 3.63) is 108 Å². The summed E-state index contributed by atoms with van der Waals surface area (Å²) in [6.45, 7) is 4.42. The van der Waals surface area contributed by atoms with Gasteiger partial charge < -0.3 is 4.57 Å². The van der Waals surface area contributed by atoms with E-state index in [-0.39, 0.29) is 0 Å². The third kappa shape index (κ3) is 2.82. The first-order valence-corrected chi connectivity index (χ1v) is 12.2. The molecule has 0 saturated carbocycles. The summed E-state index contributed by atoms with van der Waals surface area (Å²) in [4.78, 5) is 5.25. The molecule has 3 aromatic heterocycles. The molecule has 35 heavy (non-hydrogen) atoms. The Balaban J connectivity index is 1.56. The zero-order valence-corrected chi connectivity index (χ0v) is 19.9. The number of nitrogens with zero attached hydrogens (tertiary/aromatic N) is 3. The zero-order chi connectivity index (χ0) is 23.5. The summed E-state index contributed by atoms with van der Waals surface area (Å²) in [6.07, 6.45) is 3.16. The third-order valence-electron chi connectivity index (χ3n) is 7.22. The van der Waals surface area contributed by atoms with Crippen molar-refractivity contribution in [1.29, 1.82) is 0 Å². The molecule has 0 bridgehead atoms. The molecule has 4 aromatic carbocycles. The number of rotatable bonds is 3. The van der Waals surface area contributed by atoms with Gasteiger partial charge in [0.1, 0.15) is 5.65 Å². The van der Waals surface area contributed by atoms with E-state index in [4.69, 9.17) is 4.98 Å². The maximum atomic E-state index is 5.25. The second kappa shape index (κ2) is 7.57. The average molecular weight is 452 g/mol. The second-order valence-electron chi connectivity index (χ2n) is 9.17. The third-order valence-corrected chi connectivity index (χ3v) is 7.22. The largest absolute Gasteiger partial charge is 0.313 e. The Morgan fingerprint density at radius 1 is 0.657 bits per heavy atom. The quantitative estimate of drug-likeness (QED) is 0.248. The van der Waals surface area contributed by atoms with Crippen LogP contribution in [0.15, 0.2) is 97.1 Å². The Morgan fingerprint density at radius 2 is 1.14 bits per heavy atom. The molecule has 0 spiro atoms. The average Bonchev–Trinajstić information content (AvgIpc) is 3.44. The lowest BCUT2D eigenvalue weighted by atomic mass is 10.1. The van der Waals surface area contributed by atoms with E-state index in [1.807, 2.05) is 0 Å². The number of benzene rings is 4. The monoisotopic (exact) mass is 451 g/mol. The molecular weight excluding hydrogens is 426 g/mol. The lowest BCUT2D eigenvalue weighted by molar-refractivity contribution is 1.02. The topological polar surface area (TPSA) is 22.2 Å². The number of aryl methyl sites for hydroxylation is 1. The van der Waals surface area contributed by atoms with E-state index in [9.17, 15) is 0 Å². The van der Waals surface area contributed by atoms with Crippen molar-refractivity contribution < 1.29 is 0 Å². The van der Waals surface area contributed by atoms with Crippen molar-refractivity contribution in [2.45, 2.75) is 20.3 Å². The Hall–Kier alpha value is -4.37. The van der Waals surface area contributed by atoms with Crippen molar-refractivity contribution in [3.63, 3.8) is 0 Å². The highest BCUT2D eigenvalue weighted by molar-refractivity contribution is 6.12. The lowest BCUT2D eigenvalue weighted by Gasteiger charge is -2.10. The molecule has 0 amide bonds. The molecule has 0 N–H and O–H groups in total. The van der Waals surface area contributed by atoms with E-state index in [1.54, 1.807) is 0 Å². The van der Waals surface area contributed by atoms with Crippen molar-refractivity contribution in [2.24, 2.45) is 0 Å². The summed E-state index contributed by atoms with van der Waals surface area (Å²) in [6, 6.07) is 34.6. The van der Waals surface area contributed by atoms with Crippen molar-refractivity contribution >= 4 is 60.9 Å². The molecule has 0 unspecified atom stereocenters. The van der Waals surface area contributed by atoms with Gasteiger partial charge in [-0.15, -0.1) is 0 Å². The highest BCUT2D eigenvalue weighted by atomic mass is 15.0. The summed E-state index contributed by atoms with van der Waals surface area (Å²) in [5, 5.41) is 6.25. The number of fused-ring (bicyclic) bond motifs is 9. The molecule has 3 heterocycles. The minimum absolute atomic E-state index is 0.899. The fourth-order valence-corrected chi connectivity index (χ4v) is 5.74. The van der Waals surface area contributed by atoms with Gasteiger partial charge in [-0.1, -0.05) is 85.8 Å². The molecule has 3 nitrogen and oxygen atoms in total. The van der Waals surface area contributed by atoms with Crippen LogP contribution >= 0.6 is 0 Å². The van der Waals surface area contributed by atoms with Crippen LogP contribution < -0.4 is 0 Å². The zero-order valence-electron chi connectivity index (χ0n) is 19.9. The van der Waals surface area contributed by atoms with E-state index >= 15 is 0 Å². The SMILES string of the molecule is CCc1c(/C=C(\C)n2c3ccccc3c3ccccc32)nc2c3ccccc3c3ccccc3n12. The molecule has 7 rings (SSSR count). The van der Waals surface area contributed by atoms with E-state index in [1.165, 1.54) is 49.2 Å². The van der Waals surface area contributed by atoms with Crippen LogP contribution in [0.25, 0.3) is 60.9 Å². The Kier molecular flexibility index (Phi) is 4.34. The van der Waals surface area contributed by atoms with Gasteiger partial charge in [0.15, 0.2) is 0 Å². The molecule has 7 aromatic rings. The maximum Gasteiger partial charge on any atom is 0.146 e. The van der Waals surface area contributed by atoms with Gasteiger partial charge in [-0.25, -0.2) is 4.98 Å². The van der Waals surface area contributed by atoms with Gasteiger partial charge in [0.2, 0.25) is 0 Å². The van der Waals surface area contributed by atoms with Crippen molar-refractivity contribution in [2.75, 3.05) is 0 Å². The molecule has 0 fully saturated rings. The number of imidazole rings is 1. The van der Waals surface area contributed by atoms with Crippen LogP contribution in [-0.4, -0.2) is 14.0 Å². The fraction of sp³-hybridized carbons (Fsp3) is 0.0938. The number of hydrogen-bond donors (Lipinski definition) is 0. The number of hydrogen-bond acceptors (Lipinski definition) is 1. The molecule has 0 aliphatic carbocycles. The number of aromatic nitrogens is 3. The summed E-state index contributed by atoms with van der Waals surface area (Å²) in [5.74, 6) is 0. The van der Waals surface area contributed by atoms with E-state index < -0.39 is 0 Å². The van der Waals surface area contributed by atoms with Crippen molar-refractivity contribution in [3.8, 4) is 0 Å². The predicted octanol–water partition coefficient (Wildman–Crippen LogP) is 8.33.